The van der Waals surface area contributed by atoms with E-state index in [2.05, 4.69) is 5.32 Å². The highest BCUT2D eigenvalue weighted by atomic mass is 35.5. The van der Waals surface area contributed by atoms with Gasteiger partial charge in [0.25, 0.3) is 5.91 Å². The maximum atomic E-state index is 12.4. The van der Waals surface area contributed by atoms with Crippen LogP contribution in [0.3, 0.4) is 0 Å². The van der Waals surface area contributed by atoms with Crippen molar-refractivity contribution < 1.29 is 14.3 Å². The minimum Gasteiger partial charge on any atom is -0.506 e. The van der Waals surface area contributed by atoms with Gasteiger partial charge in [-0.05, 0) is 50.5 Å². The average Bonchev–Trinajstić information content (AvgIpc) is 2.90. The van der Waals surface area contributed by atoms with Crippen LogP contribution in [0.2, 0.25) is 5.02 Å². The Hall–Kier alpha value is -2.77. The van der Waals surface area contributed by atoms with Gasteiger partial charge in [0, 0.05) is 24.3 Å². The lowest BCUT2D eigenvalue weighted by molar-refractivity contribution is 0.102. The second-order valence-electron chi connectivity index (χ2n) is 6.13. The number of aromatic nitrogens is 1. The second kappa shape index (κ2) is 7.23. The number of hydrogen-bond acceptors (Lipinski definition) is 5. The summed E-state index contributed by atoms with van der Waals surface area (Å²) >= 11 is 5.84. The molecule has 0 radical (unpaired) electrons. The summed E-state index contributed by atoms with van der Waals surface area (Å²) in [5, 5.41) is 12.3. The number of hydrogen-bond donors (Lipinski definition) is 2. The van der Waals surface area contributed by atoms with Crippen LogP contribution in [-0.4, -0.2) is 41.1 Å². The molecule has 7 nitrogen and oxygen atoms in total. The van der Waals surface area contributed by atoms with E-state index in [-0.39, 0.29) is 16.7 Å². The minimum atomic E-state index is -0.435. The predicted octanol–water partition coefficient (Wildman–Crippen LogP) is 2.77. The third-order valence-electron chi connectivity index (χ3n) is 3.91. The minimum absolute atomic E-state index is 0.0899. The quantitative estimate of drug-likeness (QED) is 0.716. The van der Waals surface area contributed by atoms with Crippen molar-refractivity contribution in [2.24, 2.45) is 0 Å². The molecule has 2 aromatic carbocycles. The highest BCUT2D eigenvalue weighted by Crippen LogP contribution is 2.24. The van der Waals surface area contributed by atoms with Gasteiger partial charge in [-0.2, -0.15) is 0 Å². The van der Waals surface area contributed by atoms with Crippen LogP contribution in [0.15, 0.2) is 45.6 Å². The molecule has 8 heteroatoms. The standard InChI is InChI=1S/C18H18ClN3O4/c1-21(2)7-8-22-14-10-12(4-6-16(14)26-18(22)25)20-17(24)11-3-5-15(23)13(19)9-11/h3-6,9-10,23H,7-8H2,1-2H3,(H,20,24). The molecule has 1 aromatic heterocycles. The predicted molar refractivity (Wildman–Crippen MR) is 100 cm³/mol. The molecule has 3 rings (SSSR count). The van der Waals surface area contributed by atoms with E-state index in [1.165, 1.54) is 22.8 Å². The molecule has 0 aliphatic carbocycles. The van der Waals surface area contributed by atoms with Crippen LogP contribution in [-0.2, 0) is 6.54 Å². The van der Waals surface area contributed by atoms with Gasteiger partial charge in [-0.15, -0.1) is 0 Å². The van der Waals surface area contributed by atoms with Crippen LogP contribution in [0.4, 0.5) is 5.69 Å². The summed E-state index contributed by atoms with van der Waals surface area (Å²) < 4.78 is 6.77. The Labute approximate surface area is 154 Å². The highest BCUT2D eigenvalue weighted by molar-refractivity contribution is 6.32. The number of carbonyl (C=O) groups is 1. The van der Waals surface area contributed by atoms with Gasteiger partial charge in [-0.1, -0.05) is 11.6 Å². The number of fused-ring (bicyclic) bond motifs is 1. The Morgan fingerprint density at radius 2 is 2.04 bits per heavy atom. The summed E-state index contributed by atoms with van der Waals surface area (Å²) in [5.74, 6) is -0.902. The van der Waals surface area contributed by atoms with E-state index < -0.39 is 5.76 Å². The van der Waals surface area contributed by atoms with E-state index in [1.807, 2.05) is 19.0 Å². The molecule has 0 bridgehead atoms. The maximum Gasteiger partial charge on any atom is 0.419 e. The van der Waals surface area contributed by atoms with Crippen molar-refractivity contribution in [1.82, 2.24) is 9.47 Å². The molecule has 0 unspecified atom stereocenters. The van der Waals surface area contributed by atoms with Gasteiger partial charge in [0.05, 0.1) is 10.5 Å². The van der Waals surface area contributed by atoms with Crippen LogP contribution in [0.25, 0.3) is 11.1 Å². The van der Waals surface area contributed by atoms with E-state index >= 15 is 0 Å². The van der Waals surface area contributed by atoms with Crippen LogP contribution >= 0.6 is 11.6 Å². The molecule has 136 valence electrons. The van der Waals surface area contributed by atoms with Crippen molar-refractivity contribution in [1.29, 1.82) is 0 Å². The number of amides is 1. The van der Waals surface area contributed by atoms with E-state index in [1.54, 1.807) is 18.2 Å². The summed E-state index contributed by atoms with van der Waals surface area (Å²) in [6, 6.07) is 9.20. The lowest BCUT2D eigenvalue weighted by Crippen LogP contribution is -2.23. The van der Waals surface area contributed by atoms with Crippen LogP contribution < -0.4 is 11.1 Å². The number of rotatable bonds is 5. The van der Waals surface area contributed by atoms with Gasteiger partial charge in [0.2, 0.25) is 0 Å². The van der Waals surface area contributed by atoms with Crippen LogP contribution in [0.1, 0.15) is 10.4 Å². The third kappa shape index (κ3) is 3.74. The first kappa shape index (κ1) is 18.0. The molecule has 3 aromatic rings. The topological polar surface area (TPSA) is 87.7 Å². The number of nitrogens with zero attached hydrogens (tertiary/aromatic N) is 2. The summed E-state index contributed by atoms with van der Waals surface area (Å²) in [6.45, 7) is 1.15. The number of nitrogens with one attached hydrogen (secondary N) is 1. The molecule has 0 saturated carbocycles. The lowest BCUT2D eigenvalue weighted by atomic mass is 10.2. The second-order valence-corrected chi connectivity index (χ2v) is 6.53. The Morgan fingerprint density at radius 3 is 2.73 bits per heavy atom. The number of aromatic hydroxyl groups is 1. The molecule has 1 amide bonds. The molecular formula is C18H18ClN3O4. The first-order chi connectivity index (χ1) is 12.3. The Bertz CT molecular complexity index is 1020. The number of halogens is 1. The maximum absolute atomic E-state index is 12.4. The molecule has 0 saturated heterocycles. The Balaban J connectivity index is 1.88. The Kier molecular flexibility index (Phi) is 5.01. The fourth-order valence-electron chi connectivity index (χ4n) is 2.50. The largest absolute Gasteiger partial charge is 0.506 e. The van der Waals surface area contributed by atoms with Crippen molar-refractivity contribution >= 4 is 34.3 Å². The van der Waals surface area contributed by atoms with Crippen molar-refractivity contribution in [2.75, 3.05) is 26.0 Å². The number of anilines is 1. The summed E-state index contributed by atoms with van der Waals surface area (Å²) in [5.41, 5.74) is 1.90. The van der Waals surface area contributed by atoms with E-state index in [4.69, 9.17) is 16.0 Å². The van der Waals surface area contributed by atoms with Gasteiger partial charge in [-0.3, -0.25) is 9.36 Å². The number of phenolic OH excluding ortho intramolecular Hbond substituents is 1. The average molecular weight is 376 g/mol. The number of carbonyl (C=O) groups excluding carboxylic acids is 1. The monoisotopic (exact) mass is 375 g/mol. The SMILES string of the molecule is CN(C)CCn1c(=O)oc2ccc(NC(=O)c3ccc(O)c(Cl)c3)cc21. The first-order valence-corrected chi connectivity index (χ1v) is 8.31. The fourth-order valence-corrected chi connectivity index (χ4v) is 2.68. The molecular weight excluding hydrogens is 358 g/mol. The van der Waals surface area contributed by atoms with Gasteiger partial charge in [0.15, 0.2) is 5.58 Å². The first-order valence-electron chi connectivity index (χ1n) is 7.93. The Morgan fingerprint density at radius 1 is 1.27 bits per heavy atom. The molecule has 0 spiro atoms. The molecule has 0 fully saturated rings. The normalized spacial score (nSPS) is 11.2. The van der Waals surface area contributed by atoms with Crippen molar-refractivity contribution in [3.05, 3.63) is 57.5 Å². The number of phenols is 1. The van der Waals surface area contributed by atoms with Gasteiger partial charge in [-0.25, -0.2) is 4.79 Å². The summed E-state index contributed by atoms with van der Waals surface area (Å²) in [6.07, 6.45) is 0. The smallest absolute Gasteiger partial charge is 0.419 e. The highest BCUT2D eigenvalue weighted by Gasteiger charge is 2.13. The number of oxazole rings is 1. The zero-order valence-corrected chi connectivity index (χ0v) is 15.1. The van der Waals surface area contributed by atoms with Crippen molar-refractivity contribution in [3.63, 3.8) is 0 Å². The molecule has 1 heterocycles. The summed E-state index contributed by atoms with van der Waals surface area (Å²) in [7, 11) is 3.84. The van der Waals surface area contributed by atoms with Crippen molar-refractivity contribution in [2.45, 2.75) is 6.54 Å². The molecule has 26 heavy (non-hydrogen) atoms. The van der Waals surface area contributed by atoms with Gasteiger partial charge >= 0.3 is 5.76 Å². The van der Waals surface area contributed by atoms with Gasteiger partial charge in [0.1, 0.15) is 5.75 Å². The third-order valence-corrected chi connectivity index (χ3v) is 4.21. The number of likely N-dealkylation sites (N-methyl/N-ethyl adjacent to an activating group) is 1. The van der Waals surface area contributed by atoms with Crippen LogP contribution in [0.5, 0.6) is 5.75 Å². The van der Waals surface area contributed by atoms with Crippen molar-refractivity contribution in [3.8, 4) is 5.75 Å². The lowest BCUT2D eigenvalue weighted by Gasteiger charge is -2.10. The molecule has 0 atom stereocenters. The summed E-state index contributed by atoms with van der Waals surface area (Å²) in [4.78, 5) is 26.4. The van der Waals surface area contributed by atoms with Gasteiger partial charge < -0.3 is 19.7 Å². The zero-order valence-electron chi connectivity index (χ0n) is 14.3. The zero-order chi connectivity index (χ0) is 18.8. The molecule has 0 aliphatic rings. The molecule has 2 N–H and O–H groups in total. The van der Waals surface area contributed by atoms with Crippen LogP contribution in [0, 0.1) is 0 Å². The van der Waals surface area contributed by atoms with E-state index in [0.717, 1.165) is 0 Å². The van der Waals surface area contributed by atoms with E-state index in [0.29, 0.717) is 35.4 Å². The fraction of sp³-hybridized carbons (Fsp3) is 0.222. The number of benzene rings is 2. The molecule has 0 aliphatic heterocycles. The van der Waals surface area contributed by atoms with E-state index in [9.17, 15) is 14.7 Å².